The Balaban J connectivity index is 3.71. The van der Waals surface area contributed by atoms with E-state index in [9.17, 15) is 0 Å². The Morgan fingerprint density at radius 2 is 0.714 bits per heavy atom. The molecule has 0 rings (SSSR count). The van der Waals surface area contributed by atoms with Crippen molar-refractivity contribution < 1.29 is 0 Å². The molecule has 0 saturated carbocycles. The van der Waals surface area contributed by atoms with Crippen LogP contribution in [0, 0.1) is 11.3 Å². The van der Waals surface area contributed by atoms with Crippen LogP contribution in [0.1, 0.15) is 169 Å². The molecule has 0 fully saturated rings. The predicted octanol–water partition coefficient (Wildman–Crippen LogP) is 10.9. The number of rotatable bonds is 21. The lowest BCUT2D eigenvalue weighted by molar-refractivity contribution is 0.259. The summed E-state index contributed by atoms with van der Waals surface area (Å²) in [5.41, 5.74) is 0.503. The molecule has 0 heterocycles. The molecule has 170 valence electrons. The molecule has 1 atom stereocenters. The van der Waals surface area contributed by atoms with Crippen LogP contribution in [0.4, 0.5) is 0 Å². The monoisotopic (exact) mass is 394 g/mol. The van der Waals surface area contributed by atoms with E-state index in [4.69, 9.17) is 0 Å². The Kier molecular flexibility index (Phi) is 20.3. The third-order valence-corrected chi connectivity index (χ3v) is 6.33. The van der Waals surface area contributed by atoms with Gasteiger partial charge < -0.3 is 0 Å². The maximum absolute atomic E-state index is 2.44. The van der Waals surface area contributed by atoms with E-state index in [2.05, 4.69) is 34.6 Å². The van der Waals surface area contributed by atoms with Crippen molar-refractivity contribution >= 4 is 0 Å². The predicted molar refractivity (Wildman–Crippen MR) is 131 cm³/mol. The van der Waals surface area contributed by atoms with Gasteiger partial charge in [-0.05, 0) is 17.8 Å². The van der Waals surface area contributed by atoms with Crippen molar-refractivity contribution in [1.82, 2.24) is 0 Å². The van der Waals surface area contributed by atoms with Crippen LogP contribution in [0.3, 0.4) is 0 Å². The van der Waals surface area contributed by atoms with Crippen LogP contribution in [-0.4, -0.2) is 0 Å². The molecule has 0 bridgehead atoms. The van der Waals surface area contributed by atoms with Gasteiger partial charge in [0.2, 0.25) is 0 Å². The van der Waals surface area contributed by atoms with Gasteiger partial charge >= 0.3 is 0 Å². The lowest BCUT2D eigenvalue weighted by Crippen LogP contribution is -2.13. The first-order chi connectivity index (χ1) is 13.5. The minimum absolute atomic E-state index is 0.503. The molecule has 0 aromatic rings. The largest absolute Gasteiger partial charge is 0.0654 e. The topological polar surface area (TPSA) is 0 Å². The van der Waals surface area contributed by atoms with Crippen molar-refractivity contribution in [2.75, 3.05) is 0 Å². The lowest BCUT2D eigenvalue weighted by Gasteiger charge is -2.26. The average Bonchev–Trinajstić information content (AvgIpc) is 2.64. The van der Waals surface area contributed by atoms with Crippen molar-refractivity contribution in [2.24, 2.45) is 11.3 Å². The Morgan fingerprint density at radius 1 is 0.429 bits per heavy atom. The van der Waals surface area contributed by atoms with Gasteiger partial charge in [0, 0.05) is 0 Å². The zero-order valence-corrected chi connectivity index (χ0v) is 20.9. The summed E-state index contributed by atoms with van der Waals surface area (Å²) in [6.07, 6.45) is 30.7. The van der Waals surface area contributed by atoms with Crippen molar-refractivity contribution in [1.29, 1.82) is 0 Å². The Morgan fingerprint density at radius 3 is 1.00 bits per heavy atom. The smallest absolute Gasteiger partial charge is 0.0380 e. The highest BCUT2D eigenvalue weighted by atomic mass is 14.2. The van der Waals surface area contributed by atoms with Gasteiger partial charge in [-0.3, -0.25) is 0 Å². The summed E-state index contributed by atoms with van der Waals surface area (Å²) in [7, 11) is 0. The van der Waals surface area contributed by atoms with Gasteiger partial charge in [-0.2, -0.15) is 0 Å². The van der Waals surface area contributed by atoms with Crippen molar-refractivity contribution in [3.63, 3.8) is 0 Å². The van der Waals surface area contributed by atoms with Crippen LogP contribution < -0.4 is 0 Å². The third-order valence-electron chi connectivity index (χ3n) is 6.33. The third kappa shape index (κ3) is 22.3. The average molecular weight is 395 g/mol. The fourth-order valence-corrected chi connectivity index (χ4v) is 4.70. The lowest BCUT2D eigenvalue weighted by atomic mass is 9.80. The summed E-state index contributed by atoms with van der Waals surface area (Å²) in [6, 6.07) is 0. The van der Waals surface area contributed by atoms with Crippen LogP contribution in [0.2, 0.25) is 0 Å². The van der Waals surface area contributed by atoms with Gasteiger partial charge in [0.1, 0.15) is 0 Å². The summed E-state index contributed by atoms with van der Waals surface area (Å²) in [5.74, 6) is 0.981. The van der Waals surface area contributed by atoms with Crippen molar-refractivity contribution in [3.05, 3.63) is 0 Å². The summed E-state index contributed by atoms with van der Waals surface area (Å²) in [5, 5.41) is 0. The highest BCUT2D eigenvalue weighted by Gasteiger charge is 2.18. The first-order valence-corrected chi connectivity index (χ1v) is 13.5. The van der Waals surface area contributed by atoms with Crippen LogP contribution >= 0.6 is 0 Å². The summed E-state index contributed by atoms with van der Waals surface area (Å²) < 4.78 is 0. The number of hydrogen-bond acceptors (Lipinski definition) is 0. The molecular formula is C28H58. The summed E-state index contributed by atoms with van der Waals surface area (Å²) >= 11 is 0. The van der Waals surface area contributed by atoms with Crippen LogP contribution in [-0.2, 0) is 0 Å². The maximum atomic E-state index is 2.44. The highest BCUT2D eigenvalue weighted by molar-refractivity contribution is 4.70. The van der Waals surface area contributed by atoms with Gasteiger partial charge in [-0.15, -0.1) is 0 Å². The molecule has 0 aliphatic rings. The molecule has 0 radical (unpaired) electrons. The first-order valence-electron chi connectivity index (χ1n) is 13.5. The van der Waals surface area contributed by atoms with E-state index in [-0.39, 0.29) is 0 Å². The summed E-state index contributed by atoms with van der Waals surface area (Å²) in [6.45, 7) is 11.9. The molecule has 28 heavy (non-hydrogen) atoms. The second-order valence-electron chi connectivity index (χ2n) is 10.9. The highest BCUT2D eigenvalue weighted by Crippen LogP contribution is 2.31. The molecule has 0 N–H and O–H groups in total. The van der Waals surface area contributed by atoms with E-state index in [1.54, 1.807) is 0 Å². The Hall–Kier alpha value is 0. The molecule has 0 saturated heterocycles. The van der Waals surface area contributed by atoms with E-state index in [0.29, 0.717) is 5.41 Å². The van der Waals surface area contributed by atoms with E-state index in [0.717, 1.165) is 5.92 Å². The van der Waals surface area contributed by atoms with Crippen molar-refractivity contribution in [3.8, 4) is 0 Å². The SMILES string of the molecule is CCCCCCCCCCCCC(CCCCCCCCCC)CC(C)(C)C. The van der Waals surface area contributed by atoms with Crippen molar-refractivity contribution in [2.45, 2.75) is 169 Å². The van der Waals surface area contributed by atoms with E-state index >= 15 is 0 Å². The van der Waals surface area contributed by atoms with Crippen LogP contribution in [0.25, 0.3) is 0 Å². The molecule has 0 aliphatic carbocycles. The normalized spacial score (nSPS) is 13.2. The number of hydrogen-bond donors (Lipinski definition) is 0. The fourth-order valence-electron chi connectivity index (χ4n) is 4.70. The molecule has 0 aromatic carbocycles. The second-order valence-corrected chi connectivity index (χ2v) is 10.9. The van der Waals surface area contributed by atoms with E-state index in [1.807, 2.05) is 0 Å². The Bertz CT molecular complexity index is 285. The Labute approximate surface area is 181 Å². The van der Waals surface area contributed by atoms with Crippen LogP contribution in [0.15, 0.2) is 0 Å². The van der Waals surface area contributed by atoms with Gasteiger partial charge in [-0.25, -0.2) is 0 Å². The molecule has 0 heteroatoms. The standard InChI is InChI=1S/C28H58/c1-6-8-10-12-14-16-17-19-21-23-25-27(26-28(3,4)5)24-22-20-18-15-13-11-9-7-2/h27H,6-26H2,1-5H3. The van der Waals surface area contributed by atoms with E-state index in [1.165, 1.54) is 135 Å². The first kappa shape index (κ1) is 28.0. The summed E-state index contributed by atoms with van der Waals surface area (Å²) in [4.78, 5) is 0. The molecule has 0 aliphatic heterocycles. The molecule has 1 unspecified atom stereocenters. The van der Waals surface area contributed by atoms with Crippen LogP contribution in [0.5, 0.6) is 0 Å². The quantitative estimate of drug-likeness (QED) is 0.170. The molecule has 0 spiro atoms. The maximum Gasteiger partial charge on any atom is -0.0380 e. The minimum atomic E-state index is 0.503. The molecular weight excluding hydrogens is 336 g/mol. The van der Waals surface area contributed by atoms with Gasteiger partial charge in [0.25, 0.3) is 0 Å². The molecule has 0 aromatic heterocycles. The number of unbranched alkanes of at least 4 members (excludes halogenated alkanes) is 16. The van der Waals surface area contributed by atoms with Gasteiger partial charge in [-0.1, -0.05) is 163 Å². The van der Waals surface area contributed by atoms with E-state index < -0.39 is 0 Å². The minimum Gasteiger partial charge on any atom is -0.0654 e. The second kappa shape index (κ2) is 20.3. The zero-order chi connectivity index (χ0) is 20.9. The molecule has 0 amide bonds. The van der Waals surface area contributed by atoms with Gasteiger partial charge in [0.05, 0.1) is 0 Å². The molecule has 0 nitrogen and oxygen atoms in total. The zero-order valence-electron chi connectivity index (χ0n) is 20.9. The van der Waals surface area contributed by atoms with Gasteiger partial charge in [0.15, 0.2) is 0 Å². The fraction of sp³-hybridized carbons (Fsp3) is 1.00.